The first-order chi connectivity index (χ1) is 22.0. The molecule has 0 spiro atoms. The van der Waals surface area contributed by atoms with E-state index in [0.29, 0.717) is 0 Å². The summed E-state index contributed by atoms with van der Waals surface area (Å²) in [6.07, 6.45) is 30.6. The Hall–Kier alpha value is -2.15. The molecule has 2 rings (SSSR count). The Morgan fingerprint density at radius 2 is 1.07 bits per heavy atom. The minimum atomic E-state index is 0.951. The van der Waals surface area contributed by atoms with Crippen LogP contribution in [0.2, 0.25) is 0 Å². The molecule has 0 saturated heterocycles. The largest absolute Gasteiger partial charge is 0.253 e. The Morgan fingerprint density at radius 1 is 0.533 bits per heavy atom. The molecule has 1 nitrogen and oxygen atoms in total. The topological polar surface area (TPSA) is 12.4 Å². The molecule has 2 aromatic rings. The standard InChI is InChI=1S/C44H71N/c1-8-14-18-21-22-24-28-41-34-37(33-38(12-5)43(41)29-25-20-16-10-3)32-36(7)44(13-6)45-42-31-30-39(26-17-11-4)40(35-42)27-23-19-15-9-2/h30-35H,8-29H2,1-7H3. The van der Waals surface area contributed by atoms with Crippen LogP contribution < -0.4 is 0 Å². The smallest absolute Gasteiger partial charge is 0.0636 e. The first kappa shape index (κ1) is 39.0. The van der Waals surface area contributed by atoms with Gasteiger partial charge in [-0.05, 0) is 122 Å². The molecule has 1 heteroatoms. The summed E-state index contributed by atoms with van der Waals surface area (Å²) in [6.45, 7) is 16.1. The predicted octanol–water partition coefficient (Wildman–Crippen LogP) is 14.3. The molecule has 0 aliphatic heterocycles. The molecule has 252 valence electrons. The highest BCUT2D eigenvalue weighted by molar-refractivity contribution is 6.04. The predicted molar refractivity (Wildman–Crippen MR) is 205 cm³/mol. The summed E-state index contributed by atoms with van der Waals surface area (Å²) in [4.78, 5) is 5.27. The summed E-state index contributed by atoms with van der Waals surface area (Å²) in [5.41, 5.74) is 12.9. The number of unbranched alkanes of at least 4 members (excludes halogenated alkanes) is 12. The third-order valence-corrected chi connectivity index (χ3v) is 9.64. The van der Waals surface area contributed by atoms with Crippen LogP contribution in [0.4, 0.5) is 5.69 Å². The third kappa shape index (κ3) is 14.9. The van der Waals surface area contributed by atoms with Crippen molar-refractivity contribution in [2.24, 2.45) is 4.99 Å². The van der Waals surface area contributed by atoms with E-state index in [2.05, 4.69) is 84.9 Å². The summed E-state index contributed by atoms with van der Waals surface area (Å²) in [6, 6.07) is 12.1. The molecule has 0 aromatic heterocycles. The van der Waals surface area contributed by atoms with Gasteiger partial charge in [0.15, 0.2) is 0 Å². The maximum Gasteiger partial charge on any atom is 0.0636 e. The molecular formula is C44H71N. The molecule has 0 aliphatic carbocycles. The van der Waals surface area contributed by atoms with E-state index in [9.17, 15) is 0 Å². The van der Waals surface area contributed by atoms with E-state index in [-0.39, 0.29) is 0 Å². The minimum Gasteiger partial charge on any atom is -0.253 e. The van der Waals surface area contributed by atoms with Gasteiger partial charge in [0.25, 0.3) is 0 Å². The van der Waals surface area contributed by atoms with E-state index in [1.165, 1.54) is 156 Å². The minimum absolute atomic E-state index is 0.951. The van der Waals surface area contributed by atoms with E-state index in [1.807, 2.05) is 0 Å². The Morgan fingerprint density at radius 3 is 1.69 bits per heavy atom. The zero-order valence-corrected chi connectivity index (χ0v) is 31.0. The fraction of sp³-hybridized carbons (Fsp3) is 0.659. The monoisotopic (exact) mass is 614 g/mol. The van der Waals surface area contributed by atoms with Crippen LogP contribution in [0.25, 0.3) is 6.08 Å². The van der Waals surface area contributed by atoms with Crippen LogP contribution >= 0.6 is 0 Å². The lowest BCUT2D eigenvalue weighted by Crippen LogP contribution is -2.03. The highest BCUT2D eigenvalue weighted by atomic mass is 14.7. The van der Waals surface area contributed by atoms with Crippen LogP contribution in [0, 0.1) is 0 Å². The molecule has 45 heavy (non-hydrogen) atoms. The maximum atomic E-state index is 5.27. The number of allylic oxidation sites excluding steroid dienone is 1. The summed E-state index contributed by atoms with van der Waals surface area (Å²) < 4.78 is 0. The van der Waals surface area contributed by atoms with Crippen LogP contribution in [-0.2, 0) is 32.1 Å². The zero-order valence-electron chi connectivity index (χ0n) is 31.0. The average Bonchev–Trinajstić information content (AvgIpc) is 3.05. The summed E-state index contributed by atoms with van der Waals surface area (Å²) in [5, 5.41) is 0. The molecule has 0 aliphatic rings. The molecule has 0 atom stereocenters. The van der Waals surface area contributed by atoms with Crippen LogP contribution in [0.3, 0.4) is 0 Å². The Bertz CT molecular complexity index is 1130. The van der Waals surface area contributed by atoms with E-state index >= 15 is 0 Å². The van der Waals surface area contributed by atoms with Crippen molar-refractivity contribution < 1.29 is 0 Å². The van der Waals surface area contributed by atoms with Crippen molar-refractivity contribution in [3.63, 3.8) is 0 Å². The van der Waals surface area contributed by atoms with Crippen molar-refractivity contribution in [3.05, 3.63) is 69.3 Å². The number of benzene rings is 2. The SMILES string of the molecule is CCCCCCCCc1cc(C=C(C)C(CC)=Nc2ccc(CCCC)c(CCCCCC)c2)cc(CC)c1CCCCCC. The molecular weight excluding hydrogens is 542 g/mol. The van der Waals surface area contributed by atoms with Gasteiger partial charge in [-0.2, -0.15) is 0 Å². The van der Waals surface area contributed by atoms with Crippen molar-refractivity contribution in [3.8, 4) is 0 Å². The Kier molecular flexibility index (Phi) is 20.9. The van der Waals surface area contributed by atoms with Crippen molar-refractivity contribution in [2.75, 3.05) is 0 Å². The maximum absolute atomic E-state index is 5.27. The number of hydrogen-bond donors (Lipinski definition) is 0. The number of aryl methyl sites for hydroxylation is 4. The number of nitrogens with zero attached hydrogens (tertiary/aromatic N) is 1. The molecule has 0 fully saturated rings. The lowest BCUT2D eigenvalue weighted by atomic mass is 9.89. The quantitative estimate of drug-likeness (QED) is 0.0780. The first-order valence-corrected chi connectivity index (χ1v) is 19.5. The molecule has 0 unspecified atom stereocenters. The number of aliphatic imine (C=N–C) groups is 1. The third-order valence-electron chi connectivity index (χ3n) is 9.64. The molecule has 0 radical (unpaired) electrons. The normalized spacial score (nSPS) is 12.3. The van der Waals surface area contributed by atoms with E-state index in [1.54, 1.807) is 16.7 Å². The average molecular weight is 614 g/mol. The van der Waals surface area contributed by atoms with Crippen LogP contribution in [0.15, 0.2) is 40.9 Å². The molecule has 0 N–H and O–H groups in total. The van der Waals surface area contributed by atoms with Gasteiger partial charge in [-0.1, -0.05) is 143 Å². The molecule has 0 amide bonds. The highest BCUT2D eigenvalue weighted by Gasteiger charge is 2.12. The Labute approximate surface area is 280 Å². The lowest BCUT2D eigenvalue weighted by Gasteiger charge is -2.17. The van der Waals surface area contributed by atoms with Crippen molar-refractivity contribution in [1.29, 1.82) is 0 Å². The van der Waals surface area contributed by atoms with E-state index < -0.39 is 0 Å². The second-order valence-electron chi connectivity index (χ2n) is 13.6. The van der Waals surface area contributed by atoms with Gasteiger partial charge in [0.2, 0.25) is 0 Å². The molecule has 0 heterocycles. The van der Waals surface area contributed by atoms with Gasteiger partial charge in [0, 0.05) is 5.71 Å². The van der Waals surface area contributed by atoms with E-state index in [4.69, 9.17) is 4.99 Å². The van der Waals surface area contributed by atoms with Crippen molar-refractivity contribution in [2.45, 2.75) is 190 Å². The van der Waals surface area contributed by atoms with Gasteiger partial charge < -0.3 is 0 Å². The number of rotatable bonds is 25. The van der Waals surface area contributed by atoms with E-state index in [0.717, 1.165) is 18.5 Å². The fourth-order valence-electron chi connectivity index (χ4n) is 6.79. The van der Waals surface area contributed by atoms with Crippen molar-refractivity contribution in [1.82, 2.24) is 0 Å². The van der Waals surface area contributed by atoms with Crippen molar-refractivity contribution >= 4 is 17.5 Å². The van der Waals surface area contributed by atoms with Crippen LogP contribution in [0.5, 0.6) is 0 Å². The van der Waals surface area contributed by atoms with Crippen LogP contribution in [-0.4, -0.2) is 5.71 Å². The molecule has 0 saturated carbocycles. The van der Waals surface area contributed by atoms with Crippen LogP contribution in [0.1, 0.15) is 191 Å². The summed E-state index contributed by atoms with van der Waals surface area (Å²) in [7, 11) is 0. The van der Waals surface area contributed by atoms with Gasteiger partial charge in [0.05, 0.1) is 5.69 Å². The highest BCUT2D eigenvalue weighted by Crippen LogP contribution is 2.27. The van der Waals surface area contributed by atoms with Gasteiger partial charge in [0.1, 0.15) is 0 Å². The van der Waals surface area contributed by atoms with Gasteiger partial charge in [-0.15, -0.1) is 0 Å². The molecule has 0 bridgehead atoms. The second-order valence-corrected chi connectivity index (χ2v) is 13.6. The first-order valence-electron chi connectivity index (χ1n) is 19.5. The van der Waals surface area contributed by atoms with Gasteiger partial charge in [-0.25, -0.2) is 0 Å². The lowest BCUT2D eigenvalue weighted by molar-refractivity contribution is 0.604. The number of hydrogen-bond acceptors (Lipinski definition) is 1. The summed E-state index contributed by atoms with van der Waals surface area (Å²) >= 11 is 0. The Balaban J connectivity index is 2.36. The zero-order chi connectivity index (χ0) is 32.7. The molecule has 2 aromatic carbocycles. The summed E-state index contributed by atoms with van der Waals surface area (Å²) in [5.74, 6) is 0. The fourth-order valence-corrected chi connectivity index (χ4v) is 6.79. The van der Waals surface area contributed by atoms with Gasteiger partial charge >= 0.3 is 0 Å². The second kappa shape index (κ2) is 24.1. The van der Waals surface area contributed by atoms with Gasteiger partial charge in [-0.3, -0.25) is 4.99 Å².